The lowest BCUT2D eigenvalue weighted by atomic mass is 9.77. The Morgan fingerprint density at radius 1 is 0.842 bits per heavy atom. The fraction of sp³-hybridized carbons (Fsp3) is 1.00. The van der Waals surface area contributed by atoms with E-state index in [4.69, 9.17) is 0 Å². The first-order valence-electron chi connectivity index (χ1n) is 8.77. The van der Waals surface area contributed by atoms with E-state index < -0.39 is 0 Å². The minimum atomic E-state index is -0.0547. The summed E-state index contributed by atoms with van der Waals surface area (Å²) in [6.07, 6.45) is 15.0. The van der Waals surface area contributed by atoms with Crippen LogP contribution in [0.2, 0.25) is 0 Å². The first-order chi connectivity index (χ1) is 9.34. The topological polar surface area (TPSA) is 23.5 Å². The molecule has 1 heterocycles. The van der Waals surface area contributed by atoms with Crippen LogP contribution < -0.4 is 0 Å². The lowest BCUT2D eigenvalue weighted by molar-refractivity contribution is -0.00521. The van der Waals surface area contributed by atoms with Crippen LogP contribution in [0.3, 0.4) is 0 Å². The monoisotopic (exact) mass is 265 g/mol. The van der Waals surface area contributed by atoms with Gasteiger partial charge in [0.2, 0.25) is 0 Å². The van der Waals surface area contributed by atoms with Crippen LogP contribution in [0.4, 0.5) is 0 Å². The normalized spacial score (nSPS) is 35.8. The summed E-state index contributed by atoms with van der Waals surface area (Å²) in [5.41, 5.74) is 0. The van der Waals surface area contributed by atoms with Crippen molar-refractivity contribution < 1.29 is 5.11 Å². The largest absolute Gasteiger partial charge is 0.392 e. The van der Waals surface area contributed by atoms with E-state index in [0.29, 0.717) is 5.92 Å². The molecule has 3 aliphatic rings. The van der Waals surface area contributed by atoms with Crippen molar-refractivity contribution in [2.45, 2.75) is 82.8 Å². The van der Waals surface area contributed by atoms with Gasteiger partial charge >= 0.3 is 0 Å². The molecule has 0 amide bonds. The molecule has 0 bridgehead atoms. The third-order valence-corrected chi connectivity index (χ3v) is 5.97. The predicted molar refractivity (Wildman–Crippen MR) is 79.1 cm³/mol. The Hall–Kier alpha value is -0.0800. The molecule has 1 aliphatic heterocycles. The van der Waals surface area contributed by atoms with Crippen LogP contribution in [0.15, 0.2) is 0 Å². The quantitative estimate of drug-likeness (QED) is 0.843. The summed E-state index contributed by atoms with van der Waals surface area (Å²) in [5, 5.41) is 10.6. The fourth-order valence-electron chi connectivity index (χ4n) is 4.86. The van der Waals surface area contributed by atoms with E-state index in [0.717, 1.165) is 18.5 Å². The third-order valence-electron chi connectivity index (χ3n) is 5.97. The standard InChI is InChI=1S/C17H31NO/c19-17(15-8-2-1-3-9-15)13-18-12-6-10-14-7-4-5-11-16(14)18/h14-17,19H,1-13H2/t14-,16-,17?/m1/s1. The van der Waals surface area contributed by atoms with Crippen molar-refractivity contribution in [1.82, 2.24) is 4.90 Å². The lowest BCUT2D eigenvalue weighted by Crippen LogP contribution is -2.50. The summed E-state index contributed by atoms with van der Waals surface area (Å²) in [5.74, 6) is 1.54. The SMILES string of the molecule is OC(CN1CCC[C@H]2CCCC[C@H]21)C1CCCCC1. The first kappa shape index (κ1) is 13.9. The number of likely N-dealkylation sites (tertiary alicyclic amines) is 1. The highest BCUT2D eigenvalue weighted by Gasteiger charge is 2.35. The van der Waals surface area contributed by atoms with Gasteiger partial charge in [-0.3, -0.25) is 4.90 Å². The molecule has 2 aliphatic carbocycles. The van der Waals surface area contributed by atoms with Gasteiger partial charge in [-0.15, -0.1) is 0 Å². The van der Waals surface area contributed by atoms with Gasteiger partial charge in [0, 0.05) is 12.6 Å². The number of β-amino-alcohol motifs (C(OH)–C–C–N with tert-alkyl or cyclic N) is 1. The van der Waals surface area contributed by atoms with Crippen molar-refractivity contribution in [1.29, 1.82) is 0 Å². The van der Waals surface area contributed by atoms with E-state index in [1.807, 2.05) is 0 Å². The van der Waals surface area contributed by atoms with Crippen LogP contribution >= 0.6 is 0 Å². The number of rotatable bonds is 3. The Labute approximate surface area is 118 Å². The molecular formula is C17H31NO. The van der Waals surface area contributed by atoms with Crippen LogP contribution in [-0.2, 0) is 0 Å². The summed E-state index contributed by atoms with van der Waals surface area (Å²) >= 11 is 0. The van der Waals surface area contributed by atoms with Crippen molar-refractivity contribution in [3.63, 3.8) is 0 Å². The average Bonchev–Trinajstić information content (AvgIpc) is 2.48. The van der Waals surface area contributed by atoms with Crippen LogP contribution in [0.5, 0.6) is 0 Å². The van der Waals surface area contributed by atoms with Gasteiger partial charge < -0.3 is 5.11 Å². The second-order valence-corrected chi connectivity index (χ2v) is 7.21. The highest BCUT2D eigenvalue weighted by molar-refractivity contribution is 4.89. The second kappa shape index (κ2) is 6.58. The number of hydrogen-bond acceptors (Lipinski definition) is 2. The van der Waals surface area contributed by atoms with Gasteiger partial charge in [0.15, 0.2) is 0 Å². The third kappa shape index (κ3) is 3.33. The maximum Gasteiger partial charge on any atom is 0.0695 e. The van der Waals surface area contributed by atoms with Crippen LogP contribution in [0, 0.1) is 11.8 Å². The smallest absolute Gasteiger partial charge is 0.0695 e. The average molecular weight is 265 g/mol. The van der Waals surface area contributed by atoms with Gasteiger partial charge in [-0.2, -0.15) is 0 Å². The number of hydrogen-bond donors (Lipinski definition) is 1. The molecule has 2 nitrogen and oxygen atoms in total. The summed E-state index contributed by atoms with van der Waals surface area (Å²) in [6.45, 7) is 2.21. The van der Waals surface area contributed by atoms with E-state index in [2.05, 4.69) is 4.90 Å². The van der Waals surface area contributed by atoms with Gasteiger partial charge in [0.05, 0.1) is 6.10 Å². The molecule has 3 rings (SSSR count). The molecule has 3 atom stereocenters. The number of aliphatic hydroxyl groups excluding tert-OH is 1. The Bertz CT molecular complexity index is 272. The van der Waals surface area contributed by atoms with E-state index in [9.17, 15) is 5.11 Å². The van der Waals surface area contributed by atoms with Gasteiger partial charge in [0.1, 0.15) is 0 Å². The molecular weight excluding hydrogens is 234 g/mol. The molecule has 3 fully saturated rings. The minimum absolute atomic E-state index is 0.0547. The Morgan fingerprint density at radius 2 is 1.53 bits per heavy atom. The van der Waals surface area contributed by atoms with Crippen molar-refractivity contribution in [3.8, 4) is 0 Å². The zero-order valence-electron chi connectivity index (χ0n) is 12.4. The van der Waals surface area contributed by atoms with Gasteiger partial charge in [0.25, 0.3) is 0 Å². The van der Waals surface area contributed by atoms with Crippen molar-refractivity contribution in [2.75, 3.05) is 13.1 Å². The molecule has 1 saturated heterocycles. The van der Waals surface area contributed by atoms with Crippen LogP contribution in [0.25, 0.3) is 0 Å². The molecule has 0 aromatic heterocycles. The number of nitrogens with zero attached hydrogens (tertiary/aromatic N) is 1. The number of piperidine rings is 1. The van der Waals surface area contributed by atoms with Crippen LogP contribution in [-0.4, -0.2) is 35.2 Å². The highest BCUT2D eigenvalue weighted by Crippen LogP contribution is 2.36. The van der Waals surface area contributed by atoms with E-state index in [1.54, 1.807) is 0 Å². The Balaban J connectivity index is 1.55. The maximum absolute atomic E-state index is 10.6. The summed E-state index contributed by atoms with van der Waals surface area (Å²) in [6, 6.07) is 0.806. The Morgan fingerprint density at radius 3 is 2.37 bits per heavy atom. The molecule has 1 unspecified atom stereocenters. The van der Waals surface area contributed by atoms with E-state index >= 15 is 0 Å². The summed E-state index contributed by atoms with van der Waals surface area (Å²) in [4.78, 5) is 2.66. The Kier molecular flexibility index (Phi) is 4.81. The van der Waals surface area contributed by atoms with Crippen molar-refractivity contribution in [3.05, 3.63) is 0 Å². The summed E-state index contributed by atoms with van der Waals surface area (Å²) < 4.78 is 0. The molecule has 1 N–H and O–H groups in total. The van der Waals surface area contributed by atoms with E-state index in [-0.39, 0.29) is 6.10 Å². The minimum Gasteiger partial charge on any atom is -0.392 e. The summed E-state index contributed by atoms with van der Waals surface area (Å²) in [7, 11) is 0. The zero-order valence-corrected chi connectivity index (χ0v) is 12.4. The van der Waals surface area contributed by atoms with Gasteiger partial charge in [-0.1, -0.05) is 32.1 Å². The molecule has 0 aromatic carbocycles. The zero-order chi connectivity index (χ0) is 13.1. The van der Waals surface area contributed by atoms with Crippen LogP contribution in [0.1, 0.15) is 70.6 Å². The fourth-order valence-corrected chi connectivity index (χ4v) is 4.86. The van der Waals surface area contributed by atoms with Crippen molar-refractivity contribution in [2.24, 2.45) is 11.8 Å². The molecule has 0 aromatic rings. The predicted octanol–water partition coefficient (Wildman–Crippen LogP) is 3.58. The molecule has 2 saturated carbocycles. The number of aliphatic hydroxyl groups is 1. The molecule has 0 spiro atoms. The van der Waals surface area contributed by atoms with E-state index in [1.165, 1.54) is 77.2 Å². The first-order valence-corrected chi connectivity index (χ1v) is 8.77. The highest BCUT2D eigenvalue weighted by atomic mass is 16.3. The lowest BCUT2D eigenvalue weighted by Gasteiger charge is -2.45. The second-order valence-electron chi connectivity index (χ2n) is 7.21. The molecule has 2 heteroatoms. The molecule has 19 heavy (non-hydrogen) atoms. The van der Waals surface area contributed by atoms with Gasteiger partial charge in [-0.25, -0.2) is 0 Å². The number of fused-ring (bicyclic) bond motifs is 1. The maximum atomic E-state index is 10.6. The van der Waals surface area contributed by atoms with Crippen molar-refractivity contribution >= 4 is 0 Å². The molecule has 0 radical (unpaired) electrons. The molecule has 110 valence electrons. The van der Waals surface area contributed by atoms with Gasteiger partial charge in [-0.05, 0) is 56.9 Å².